The Hall–Kier alpha value is -3.47. The molecule has 136 valence electrons. The summed E-state index contributed by atoms with van der Waals surface area (Å²) in [6.07, 6.45) is 1.46. The lowest BCUT2D eigenvalue weighted by Gasteiger charge is -2.09. The Kier molecular flexibility index (Phi) is 5.31. The number of amides is 2. The summed E-state index contributed by atoms with van der Waals surface area (Å²) in [5.74, 6) is -0.645. The predicted octanol–water partition coefficient (Wildman–Crippen LogP) is 4.51. The summed E-state index contributed by atoms with van der Waals surface area (Å²) in [6, 6.07) is 16.4. The average Bonchev–Trinajstić information content (AvgIpc) is 2.61. The fraction of sp³-hybridized carbons (Fsp3) is 0.136. The number of hydrogen-bond acceptors (Lipinski definition) is 3. The van der Waals surface area contributed by atoms with Crippen LogP contribution >= 0.6 is 0 Å². The summed E-state index contributed by atoms with van der Waals surface area (Å²) >= 11 is 0. The van der Waals surface area contributed by atoms with E-state index in [0.29, 0.717) is 16.9 Å². The number of carbonyl (C=O) groups excluding carboxylic acids is 2. The van der Waals surface area contributed by atoms with Gasteiger partial charge < -0.3 is 10.6 Å². The van der Waals surface area contributed by atoms with Crippen LogP contribution in [0.2, 0.25) is 0 Å². The van der Waals surface area contributed by atoms with Gasteiger partial charge in [0.1, 0.15) is 5.69 Å². The molecule has 3 rings (SSSR count). The largest absolute Gasteiger partial charge is 0.322 e. The van der Waals surface area contributed by atoms with E-state index >= 15 is 0 Å². The van der Waals surface area contributed by atoms with E-state index in [1.807, 2.05) is 63.2 Å². The number of hydrogen-bond donors (Lipinski definition) is 2. The third kappa shape index (κ3) is 4.79. The van der Waals surface area contributed by atoms with Crippen LogP contribution in [-0.4, -0.2) is 16.8 Å². The molecule has 0 fully saturated rings. The molecule has 27 heavy (non-hydrogen) atoms. The van der Waals surface area contributed by atoms with Crippen molar-refractivity contribution in [3.05, 3.63) is 88.7 Å². The number of rotatable bonds is 4. The maximum absolute atomic E-state index is 12.5. The number of aromatic nitrogens is 1. The predicted molar refractivity (Wildman–Crippen MR) is 107 cm³/mol. The van der Waals surface area contributed by atoms with Crippen molar-refractivity contribution < 1.29 is 9.59 Å². The normalized spacial score (nSPS) is 10.3. The highest BCUT2D eigenvalue weighted by atomic mass is 16.2. The summed E-state index contributed by atoms with van der Waals surface area (Å²) < 4.78 is 0. The Morgan fingerprint density at radius 3 is 2.11 bits per heavy atom. The van der Waals surface area contributed by atoms with Gasteiger partial charge in [-0.25, -0.2) is 0 Å². The first kappa shape index (κ1) is 18.3. The second-order valence-corrected chi connectivity index (χ2v) is 6.58. The van der Waals surface area contributed by atoms with E-state index in [9.17, 15) is 9.59 Å². The molecule has 0 atom stereocenters. The molecule has 0 radical (unpaired) electrons. The van der Waals surface area contributed by atoms with E-state index in [1.54, 1.807) is 6.07 Å². The molecular formula is C22H21N3O2. The summed E-state index contributed by atoms with van der Waals surface area (Å²) in [6.45, 7) is 5.89. The monoisotopic (exact) mass is 359 g/mol. The van der Waals surface area contributed by atoms with E-state index in [0.717, 1.165) is 16.7 Å². The van der Waals surface area contributed by atoms with Gasteiger partial charge >= 0.3 is 0 Å². The van der Waals surface area contributed by atoms with Gasteiger partial charge in [-0.2, -0.15) is 0 Å². The van der Waals surface area contributed by atoms with Crippen molar-refractivity contribution in [1.82, 2.24) is 4.98 Å². The lowest BCUT2D eigenvalue weighted by molar-refractivity contribution is 0.102. The highest BCUT2D eigenvalue weighted by molar-refractivity contribution is 6.07. The number of nitrogens with zero attached hydrogens (tertiary/aromatic N) is 1. The fourth-order valence-corrected chi connectivity index (χ4v) is 2.86. The van der Waals surface area contributed by atoms with E-state index in [-0.39, 0.29) is 17.5 Å². The Morgan fingerprint density at radius 1 is 0.741 bits per heavy atom. The molecule has 0 spiro atoms. The third-order valence-electron chi connectivity index (χ3n) is 4.01. The van der Waals surface area contributed by atoms with Crippen LogP contribution in [0.4, 0.5) is 11.4 Å². The van der Waals surface area contributed by atoms with Gasteiger partial charge in [-0.3, -0.25) is 14.6 Å². The van der Waals surface area contributed by atoms with Crippen LogP contribution in [0.5, 0.6) is 0 Å². The van der Waals surface area contributed by atoms with Gasteiger partial charge in [-0.1, -0.05) is 18.2 Å². The number of benzene rings is 2. The Balaban J connectivity index is 1.76. The van der Waals surface area contributed by atoms with E-state index in [2.05, 4.69) is 15.6 Å². The van der Waals surface area contributed by atoms with Gasteiger partial charge in [0.15, 0.2) is 0 Å². The van der Waals surface area contributed by atoms with Crippen LogP contribution in [-0.2, 0) is 0 Å². The molecule has 0 aliphatic rings. The van der Waals surface area contributed by atoms with Crippen molar-refractivity contribution in [2.45, 2.75) is 20.8 Å². The second-order valence-electron chi connectivity index (χ2n) is 6.58. The molecule has 1 aromatic heterocycles. The molecule has 2 aromatic carbocycles. The number of nitrogens with one attached hydrogen (secondary N) is 2. The Bertz CT molecular complexity index is 992. The number of anilines is 2. The van der Waals surface area contributed by atoms with Gasteiger partial charge in [-0.05, 0) is 73.9 Å². The van der Waals surface area contributed by atoms with Crippen LogP contribution in [0.25, 0.3) is 0 Å². The minimum Gasteiger partial charge on any atom is -0.322 e. The molecule has 5 heteroatoms. The van der Waals surface area contributed by atoms with Gasteiger partial charge in [0.25, 0.3) is 11.8 Å². The summed E-state index contributed by atoms with van der Waals surface area (Å²) in [4.78, 5) is 29.1. The molecule has 2 amide bonds. The zero-order valence-corrected chi connectivity index (χ0v) is 15.5. The molecule has 1 heterocycles. The van der Waals surface area contributed by atoms with Crippen molar-refractivity contribution in [3.8, 4) is 0 Å². The molecule has 0 aliphatic carbocycles. The standard InChI is InChI=1S/C22H21N3O2/c1-14-5-4-6-18(10-14)24-21(26)17-7-8-23-20(13-17)22(27)25-19-11-15(2)9-16(3)12-19/h4-13H,1-3H3,(H,24,26)(H,25,27). The minimum absolute atomic E-state index is 0.186. The van der Waals surface area contributed by atoms with E-state index < -0.39 is 0 Å². The lowest BCUT2D eigenvalue weighted by atomic mass is 10.1. The fourth-order valence-electron chi connectivity index (χ4n) is 2.86. The molecule has 5 nitrogen and oxygen atoms in total. The van der Waals surface area contributed by atoms with Gasteiger partial charge in [-0.15, -0.1) is 0 Å². The average molecular weight is 359 g/mol. The minimum atomic E-state index is -0.356. The highest BCUT2D eigenvalue weighted by Gasteiger charge is 2.13. The molecule has 2 N–H and O–H groups in total. The molecule has 3 aromatic rings. The van der Waals surface area contributed by atoms with Crippen LogP contribution in [0.3, 0.4) is 0 Å². The van der Waals surface area contributed by atoms with Crippen LogP contribution < -0.4 is 10.6 Å². The SMILES string of the molecule is Cc1cccc(NC(=O)c2ccnc(C(=O)Nc3cc(C)cc(C)c3)c2)c1. The third-order valence-corrected chi connectivity index (χ3v) is 4.01. The molecule has 0 saturated carbocycles. The molecule has 0 unspecified atom stereocenters. The maximum atomic E-state index is 12.5. The first-order valence-corrected chi connectivity index (χ1v) is 8.64. The highest BCUT2D eigenvalue weighted by Crippen LogP contribution is 2.16. The number of aryl methyl sites for hydroxylation is 3. The van der Waals surface area contributed by atoms with Gasteiger partial charge in [0.2, 0.25) is 0 Å². The zero-order chi connectivity index (χ0) is 19.4. The molecule has 0 bridgehead atoms. The first-order valence-electron chi connectivity index (χ1n) is 8.64. The second kappa shape index (κ2) is 7.83. The summed E-state index contributed by atoms with van der Waals surface area (Å²) in [7, 11) is 0. The lowest BCUT2D eigenvalue weighted by Crippen LogP contribution is -2.17. The van der Waals surface area contributed by atoms with Crippen LogP contribution in [0, 0.1) is 20.8 Å². The quantitative estimate of drug-likeness (QED) is 0.720. The molecular weight excluding hydrogens is 338 g/mol. The van der Waals surface area contributed by atoms with Crippen LogP contribution in [0.15, 0.2) is 60.8 Å². The number of carbonyl (C=O) groups is 2. The van der Waals surface area contributed by atoms with Crippen LogP contribution in [0.1, 0.15) is 37.5 Å². The van der Waals surface area contributed by atoms with Crippen molar-refractivity contribution in [3.63, 3.8) is 0 Å². The van der Waals surface area contributed by atoms with Gasteiger partial charge in [0.05, 0.1) is 0 Å². The summed E-state index contributed by atoms with van der Waals surface area (Å²) in [5.41, 5.74) is 5.14. The summed E-state index contributed by atoms with van der Waals surface area (Å²) in [5, 5.41) is 5.66. The Morgan fingerprint density at radius 2 is 1.41 bits per heavy atom. The van der Waals surface area contributed by atoms with E-state index in [4.69, 9.17) is 0 Å². The topological polar surface area (TPSA) is 71.1 Å². The molecule has 0 saturated heterocycles. The first-order chi connectivity index (χ1) is 12.9. The Labute approximate surface area is 158 Å². The van der Waals surface area contributed by atoms with E-state index in [1.165, 1.54) is 12.3 Å². The van der Waals surface area contributed by atoms with Crippen molar-refractivity contribution in [2.24, 2.45) is 0 Å². The van der Waals surface area contributed by atoms with Crippen molar-refractivity contribution in [1.29, 1.82) is 0 Å². The van der Waals surface area contributed by atoms with Gasteiger partial charge in [0, 0.05) is 23.1 Å². The zero-order valence-electron chi connectivity index (χ0n) is 15.5. The molecule has 0 aliphatic heterocycles. The van der Waals surface area contributed by atoms with Crippen molar-refractivity contribution in [2.75, 3.05) is 10.6 Å². The smallest absolute Gasteiger partial charge is 0.274 e. The van der Waals surface area contributed by atoms with Crippen molar-refractivity contribution >= 4 is 23.2 Å². The maximum Gasteiger partial charge on any atom is 0.274 e. The number of pyridine rings is 1.